The Morgan fingerprint density at radius 3 is 2.47 bits per heavy atom. The number of benzene rings is 1. The number of rotatable bonds is 6. The molecule has 1 aliphatic rings. The van der Waals surface area contributed by atoms with E-state index in [0.717, 1.165) is 18.6 Å². The van der Waals surface area contributed by atoms with Crippen LogP contribution in [0.2, 0.25) is 0 Å². The van der Waals surface area contributed by atoms with Crippen LogP contribution in [-0.4, -0.2) is 25.1 Å². The smallest absolute Gasteiger partial charge is 0.122 e. The standard InChI is InChI=1S/C17H25NO/c1-4-11-18(12-5-2)15-9-10-16-14(13-15)7-6-8-17(16)19-3/h6-8,13H,4-5,9-12H2,1-3H3. The summed E-state index contributed by atoms with van der Waals surface area (Å²) in [5.41, 5.74) is 4.18. The predicted molar refractivity (Wildman–Crippen MR) is 81.4 cm³/mol. The molecular weight excluding hydrogens is 234 g/mol. The van der Waals surface area contributed by atoms with Crippen molar-refractivity contribution in [3.05, 3.63) is 35.0 Å². The van der Waals surface area contributed by atoms with Crippen molar-refractivity contribution in [2.24, 2.45) is 0 Å². The Morgan fingerprint density at radius 1 is 1.11 bits per heavy atom. The maximum atomic E-state index is 5.46. The molecule has 0 spiro atoms. The number of allylic oxidation sites excluding steroid dienone is 1. The lowest BCUT2D eigenvalue weighted by atomic mass is 9.93. The lowest BCUT2D eigenvalue weighted by Gasteiger charge is -2.30. The highest BCUT2D eigenvalue weighted by atomic mass is 16.5. The third kappa shape index (κ3) is 3.12. The average molecular weight is 259 g/mol. The molecule has 0 fully saturated rings. The zero-order valence-corrected chi connectivity index (χ0v) is 12.4. The molecule has 1 aliphatic carbocycles. The van der Waals surface area contributed by atoms with Crippen LogP contribution in [0, 0.1) is 0 Å². The van der Waals surface area contributed by atoms with E-state index in [1.165, 1.54) is 42.8 Å². The van der Waals surface area contributed by atoms with Gasteiger partial charge in [0.05, 0.1) is 7.11 Å². The molecule has 0 saturated heterocycles. The molecule has 0 aromatic heterocycles. The lowest BCUT2D eigenvalue weighted by Crippen LogP contribution is -2.26. The van der Waals surface area contributed by atoms with Gasteiger partial charge < -0.3 is 9.64 Å². The lowest BCUT2D eigenvalue weighted by molar-refractivity contribution is 0.333. The van der Waals surface area contributed by atoms with Crippen LogP contribution in [0.4, 0.5) is 0 Å². The van der Waals surface area contributed by atoms with Crippen LogP contribution in [0.15, 0.2) is 23.9 Å². The van der Waals surface area contributed by atoms with Crippen molar-refractivity contribution in [3.8, 4) is 5.75 Å². The zero-order valence-electron chi connectivity index (χ0n) is 12.4. The van der Waals surface area contributed by atoms with Gasteiger partial charge in [-0.05, 0) is 43.4 Å². The molecule has 0 amide bonds. The van der Waals surface area contributed by atoms with Crippen molar-refractivity contribution < 1.29 is 4.74 Å². The summed E-state index contributed by atoms with van der Waals surface area (Å²) < 4.78 is 5.46. The molecule has 0 aliphatic heterocycles. The van der Waals surface area contributed by atoms with Gasteiger partial charge in [0.2, 0.25) is 0 Å². The van der Waals surface area contributed by atoms with Gasteiger partial charge >= 0.3 is 0 Å². The van der Waals surface area contributed by atoms with E-state index in [1.807, 2.05) is 0 Å². The van der Waals surface area contributed by atoms with Gasteiger partial charge in [0.25, 0.3) is 0 Å². The van der Waals surface area contributed by atoms with Gasteiger partial charge in [-0.25, -0.2) is 0 Å². The molecule has 2 heteroatoms. The summed E-state index contributed by atoms with van der Waals surface area (Å²) in [5.74, 6) is 1.03. The predicted octanol–water partition coefficient (Wildman–Crippen LogP) is 4.10. The van der Waals surface area contributed by atoms with Crippen LogP contribution in [0.5, 0.6) is 5.75 Å². The Labute approximate surface area is 117 Å². The van der Waals surface area contributed by atoms with Crippen molar-refractivity contribution in [1.82, 2.24) is 4.90 Å². The van der Waals surface area contributed by atoms with Crippen molar-refractivity contribution in [1.29, 1.82) is 0 Å². The number of hydrogen-bond acceptors (Lipinski definition) is 2. The quantitative estimate of drug-likeness (QED) is 0.762. The number of methoxy groups -OCH3 is 1. The van der Waals surface area contributed by atoms with Crippen LogP contribution in [-0.2, 0) is 6.42 Å². The van der Waals surface area contributed by atoms with Crippen LogP contribution in [0.25, 0.3) is 6.08 Å². The Balaban J connectivity index is 2.27. The summed E-state index contributed by atoms with van der Waals surface area (Å²) >= 11 is 0. The minimum atomic E-state index is 1.03. The van der Waals surface area contributed by atoms with E-state index in [1.54, 1.807) is 7.11 Å². The van der Waals surface area contributed by atoms with E-state index in [-0.39, 0.29) is 0 Å². The molecule has 0 bridgehead atoms. The minimum Gasteiger partial charge on any atom is -0.496 e. The molecule has 104 valence electrons. The molecule has 2 nitrogen and oxygen atoms in total. The van der Waals surface area contributed by atoms with E-state index < -0.39 is 0 Å². The second-order valence-electron chi connectivity index (χ2n) is 5.15. The molecule has 0 radical (unpaired) electrons. The fourth-order valence-corrected chi connectivity index (χ4v) is 2.87. The van der Waals surface area contributed by atoms with E-state index in [9.17, 15) is 0 Å². The van der Waals surface area contributed by atoms with Gasteiger partial charge in [-0.15, -0.1) is 0 Å². The zero-order chi connectivity index (χ0) is 13.7. The van der Waals surface area contributed by atoms with Gasteiger partial charge in [0.1, 0.15) is 5.75 Å². The second-order valence-corrected chi connectivity index (χ2v) is 5.15. The molecule has 0 saturated carbocycles. The molecule has 0 N–H and O–H groups in total. The molecule has 0 heterocycles. The highest BCUT2D eigenvalue weighted by molar-refractivity contribution is 5.62. The Hall–Kier alpha value is -1.44. The van der Waals surface area contributed by atoms with Gasteiger partial charge in [-0.3, -0.25) is 0 Å². The molecule has 1 aromatic carbocycles. The van der Waals surface area contributed by atoms with E-state index in [0.29, 0.717) is 0 Å². The summed E-state index contributed by atoms with van der Waals surface area (Å²) in [5, 5.41) is 0. The number of nitrogens with zero attached hydrogens (tertiary/aromatic N) is 1. The van der Waals surface area contributed by atoms with Gasteiger partial charge in [-0.2, -0.15) is 0 Å². The van der Waals surface area contributed by atoms with Crippen LogP contribution in [0.3, 0.4) is 0 Å². The highest BCUT2D eigenvalue weighted by Crippen LogP contribution is 2.32. The first-order valence-corrected chi connectivity index (χ1v) is 7.41. The maximum Gasteiger partial charge on any atom is 0.122 e. The van der Waals surface area contributed by atoms with Crippen molar-refractivity contribution in [2.45, 2.75) is 39.5 Å². The van der Waals surface area contributed by atoms with Crippen LogP contribution in [0.1, 0.15) is 44.2 Å². The second kappa shape index (κ2) is 6.65. The Morgan fingerprint density at radius 2 is 1.84 bits per heavy atom. The first-order chi connectivity index (χ1) is 9.30. The molecular formula is C17H25NO. The van der Waals surface area contributed by atoms with Gasteiger partial charge in [0, 0.05) is 24.4 Å². The summed E-state index contributed by atoms with van der Waals surface area (Å²) in [6.45, 7) is 6.84. The van der Waals surface area contributed by atoms with Crippen molar-refractivity contribution in [3.63, 3.8) is 0 Å². The fourth-order valence-electron chi connectivity index (χ4n) is 2.87. The molecule has 0 unspecified atom stereocenters. The van der Waals surface area contributed by atoms with Crippen molar-refractivity contribution in [2.75, 3.05) is 20.2 Å². The Kier molecular flexibility index (Phi) is 4.89. The van der Waals surface area contributed by atoms with Crippen LogP contribution < -0.4 is 4.74 Å². The summed E-state index contributed by atoms with van der Waals surface area (Å²) in [6, 6.07) is 6.35. The van der Waals surface area contributed by atoms with Crippen LogP contribution >= 0.6 is 0 Å². The van der Waals surface area contributed by atoms with Crippen molar-refractivity contribution >= 4 is 6.08 Å². The van der Waals surface area contributed by atoms with E-state index in [4.69, 9.17) is 4.74 Å². The molecule has 1 aromatic rings. The molecule has 19 heavy (non-hydrogen) atoms. The molecule has 2 rings (SSSR count). The third-order valence-electron chi connectivity index (χ3n) is 3.74. The number of ether oxygens (including phenoxy) is 1. The monoisotopic (exact) mass is 259 g/mol. The topological polar surface area (TPSA) is 12.5 Å². The SMILES string of the molecule is CCCN(CCC)C1=Cc2cccc(OC)c2CC1. The summed E-state index contributed by atoms with van der Waals surface area (Å²) in [4.78, 5) is 2.54. The number of fused-ring (bicyclic) bond motifs is 1. The Bertz CT molecular complexity index is 445. The minimum absolute atomic E-state index is 1.03. The normalized spacial score (nSPS) is 13.7. The van der Waals surface area contributed by atoms with Gasteiger partial charge in [0.15, 0.2) is 0 Å². The summed E-state index contributed by atoms with van der Waals surface area (Å²) in [7, 11) is 1.76. The average Bonchev–Trinajstić information content (AvgIpc) is 2.45. The third-order valence-corrected chi connectivity index (χ3v) is 3.74. The number of hydrogen-bond donors (Lipinski definition) is 0. The highest BCUT2D eigenvalue weighted by Gasteiger charge is 2.17. The van der Waals surface area contributed by atoms with E-state index in [2.05, 4.69) is 43.0 Å². The fraction of sp³-hybridized carbons (Fsp3) is 0.529. The summed E-state index contributed by atoms with van der Waals surface area (Å²) in [6.07, 6.45) is 7.00. The van der Waals surface area contributed by atoms with Gasteiger partial charge in [-0.1, -0.05) is 26.0 Å². The molecule has 0 atom stereocenters. The first kappa shape index (κ1) is 14.0. The first-order valence-electron chi connectivity index (χ1n) is 7.41. The largest absolute Gasteiger partial charge is 0.496 e. The maximum absolute atomic E-state index is 5.46. The van der Waals surface area contributed by atoms with E-state index >= 15 is 0 Å².